The average Bonchev–Trinajstić information content (AvgIpc) is 1.68. The Morgan fingerprint density at radius 3 is 3.00 bits per heavy atom. The highest BCUT2D eigenvalue weighted by Crippen LogP contribution is 1.77. The summed E-state index contributed by atoms with van der Waals surface area (Å²) in [6.45, 7) is 2.48. The van der Waals surface area contributed by atoms with Gasteiger partial charge in [0.2, 0.25) is 0 Å². The van der Waals surface area contributed by atoms with Gasteiger partial charge in [0, 0.05) is 6.54 Å². The van der Waals surface area contributed by atoms with E-state index in [4.69, 9.17) is 10.3 Å². The van der Waals surface area contributed by atoms with Crippen molar-refractivity contribution in [2.75, 3.05) is 6.54 Å². The smallest absolute Gasteiger partial charge is 0.200 e. The molecule has 4 N–H and O–H groups in total. The second-order valence-corrected chi connectivity index (χ2v) is 1.44. The van der Waals surface area contributed by atoms with Crippen LogP contribution < -0.4 is 10.5 Å². The maximum Gasteiger partial charge on any atom is 0.200 e. The average molecular weight is 135 g/mol. The third kappa shape index (κ3) is 3.76. The van der Waals surface area contributed by atoms with Gasteiger partial charge in [-0.1, -0.05) is 0 Å². The van der Waals surface area contributed by atoms with E-state index >= 15 is 0 Å². The monoisotopic (exact) mass is 135 g/mol. The Morgan fingerprint density at radius 1 is 2.00 bits per heavy atom. The number of hydrogen-bond acceptors (Lipinski definition) is 3. The number of rotatable bonds is 2. The molecule has 0 aliphatic heterocycles. The van der Waals surface area contributed by atoms with Crippen LogP contribution in [-0.4, -0.2) is 17.1 Å². The van der Waals surface area contributed by atoms with Crippen molar-refractivity contribution in [2.45, 2.75) is 6.92 Å². The summed E-state index contributed by atoms with van der Waals surface area (Å²) in [7, 11) is 0. The number of nitrogens with two attached hydrogens (primary N) is 1. The van der Waals surface area contributed by atoms with Crippen molar-refractivity contribution >= 4 is 18.2 Å². The molecule has 4 nitrogen and oxygen atoms in total. The molecular weight excluding hydrogens is 126 g/mol. The van der Waals surface area contributed by atoms with Gasteiger partial charge < -0.3 is 10.3 Å². The predicted octanol–water partition coefficient (Wildman–Crippen LogP) is 0.0318. The molecular formula is C3H9N3OS. The first-order valence-electron chi connectivity index (χ1n) is 2.17. The molecule has 0 unspecified atom stereocenters. The first kappa shape index (κ1) is 7.58. The van der Waals surface area contributed by atoms with Crippen molar-refractivity contribution in [3.05, 3.63) is 0 Å². The summed E-state index contributed by atoms with van der Waals surface area (Å²) in [4.78, 5) is 3.72. The molecule has 0 aliphatic carbocycles. The van der Waals surface area contributed by atoms with Crippen molar-refractivity contribution in [3.63, 3.8) is 0 Å². The van der Waals surface area contributed by atoms with Gasteiger partial charge in [-0.05, 0) is 6.92 Å². The van der Waals surface area contributed by atoms with Gasteiger partial charge in [-0.3, -0.25) is 9.71 Å². The third-order valence-electron chi connectivity index (χ3n) is 0.479. The number of guanidine groups is 1. The third-order valence-corrected chi connectivity index (χ3v) is 0.779. The first-order valence-corrected chi connectivity index (χ1v) is 2.95. The van der Waals surface area contributed by atoms with Crippen molar-refractivity contribution < 1.29 is 4.55 Å². The standard InChI is InChI=1S/C3H9N3OS/c1-2-5-3(4)6-8-7/h7H,2H2,1H3,(H3,4,5,6). The second-order valence-electron chi connectivity index (χ2n) is 1.05. The maximum atomic E-state index is 8.11. The van der Waals surface area contributed by atoms with Crippen LogP contribution in [0.5, 0.6) is 0 Å². The van der Waals surface area contributed by atoms with Crippen LogP contribution in [0.2, 0.25) is 0 Å². The Labute approximate surface area is 52.5 Å². The van der Waals surface area contributed by atoms with Crippen LogP contribution in [0, 0.1) is 0 Å². The van der Waals surface area contributed by atoms with E-state index in [0.717, 1.165) is 0 Å². The topological polar surface area (TPSA) is 70.6 Å². The quantitative estimate of drug-likeness (QED) is 0.216. The van der Waals surface area contributed by atoms with Gasteiger partial charge in [0.05, 0.1) is 0 Å². The summed E-state index contributed by atoms with van der Waals surface area (Å²) in [5, 5.41) is 0. The number of aliphatic imine (C=N–C) groups is 1. The Balaban J connectivity index is 3.29. The number of nitrogens with one attached hydrogen (secondary N) is 1. The molecule has 0 aromatic carbocycles. The lowest BCUT2D eigenvalue weighted by Gasteiger charge is -1.95. The molecule has 8 heavy (non-hydrogen) atoms. The Hall–Kier alpha value is -0.420. The minimum absolute atomic E-state index is 0.250. The van der Waals surface area contributed by atoms with Gasteiger partial charge in [-0.2, -0.15) is 0 Å². The van der Waals surface area contributed by atoms with E-state index in [-0.39, 0.29) is 5.96 Å². The van der Waals surface area contributed by atoms with Crippen LogP contribution >= 0.6 is 12.2 Å². The number of nitrogens with zero attached hydrogens (tertiary/aromatic N) is 1. The highest BCUT2D eigenvalue weighted by atomic mass is 32.2. The largest absolute Gasteiger partial charge is 0.369 e. The lowest BCUT2D eigenvalue weighted by molar-refractivity contribution is 0.660. The molecule has 0 fully saturated rings. The molecule has 0 saturated carbocycles. The molecule has 0 saturated heterocycles. The van der Waals surface area contributed by atoms with Crippen LogP contribution in [0.15, 0.2) is 4.99 Å². The predicted molar refractivity (Wildman–Crippen MR) is 35.5 cm³/mol. The van der Waals surface area contributed by atoms with E-state index < -0.39 is 0 Å². The van der Waals surface area contributed by atoms with Gasteiger partial charge in [-0.25, -0.2) is 0 Å². The van der Waals surface area contributed by atoms with Crippen LogP contribution in [-0.2, 0) is 0 Å². The zero-order valence-corrected chi connectivity index (χ0v) is 5.40. The fourth-order valence-electron chi connectivity index (χ4n) is 0.249. The summed E-state index contributed by atoms with van der Waals surface area (Å²) in [6, 6.07) is 0. The molecule has 48 valence electrons. The van der Waals surface area contributed by atoms with Gasteiger partial charge in [0.1, 0.15) is 12.2 Å². The number of hydrogen-bond donors (Lipinski definition) is 3. The summed E-state index contributed by atoms with van der Waals surface area (Å²) < 4.78 is 10.5. The van der Waals surface area contributed by atoms with Crippen molar-refractivity contribution in [3.8, 4) is 0 Å². The molecule has 0 atom stereocenters. The molecule has 0 aliphatic rings. The minimum Gasteiger partial charge on any atom is -0.369 e. The van der Waals surface area contributed by atoms with Crippen LogP contribution in [0.4, 0.5) is 0 Å². The first-order chi connectivity index (χ1) is 3.81. The van der Waals surface area contributed by atoms with E-state index in [0.29, 0.717) is 18.8 Å². The van der Waals surface area contributed by atoms with E-state index in [1.807, 2.05) is 6.92 Å². The molecule has 0 radical (unpaired) electrons. The second kappa shape index (κ2) is 4.73. The zero-order chi connectivity index (χ0) is 6.41. The molecule has 0 aromatic rings. The zero-order valence-electron chi connectivity index (χ0n) is 4.59. The summed E-state index contributed by atoms with van der Waals surface area (Å²) in [6.07, 6.45) is 0. The minimum atomic E-state index is 0.250. The van der Waals surface area contributed by atoms with Crippen LogP contribution in [0.1, 0.15) is 6.92 Å². The van der Waals surface area contributed by atoms with Crippen molar-refractivity contribution in [1.82, 2.24) is 4.72 Å². The van der Waals surface area contributed by atoms with Gasteiger partial charge in [-0.15, -0.1) is 0 Å². The van der Waals surface area contributed by atoms with E-state index in [2.05, 4.69) is 9.71 Å². The molecule has 0 aromatic heterocycles. The van der Waals surface area contributed by atoms with Gasteiger partial charge in [0.25, 0.3) is 0 Å². The van der Waals surface area contributed by atoms with E-state index in [1.54, 1.807) is 0 Å². The lowest BCUT2D eigenvalue weighted by Crippen LogP contribution is -2.25. The fraction of sp³-hybridized carbons (Fsp3) is 0.667. The van der Waals surface area contributed by atoms with Gasteiger partial charge >= 0.3 is 0 Å². The summed E-state index contributed by atoms with van der Waals surface area (Å²) in [5.74, 6) is 0.250. The molecule has 5 heteroatoms. The normalized spacial score (nSPS) is 11.5. The maximum absolute atomic E-state index is 8.11. The molecule has 0 spiro atoms. The SMILES string of the molecule is CC/N=C(\N)NSO. The van der Waals surface area contributed by atoms with Crippen molar-refractivity contribution in [1.29, 1.82) is 0 Å². The van der Waals surface area contributed by atoms with Gasteiger partial charge in [0.15, 0.2) is 5.96 Å². The van der Waals surface area contributed by atoms with E-state index in [1.165, 1.54) is 0 Å². The Kier molecular flexibility index (Phi) is 4.48. The Morgan fingerprint density at radius 2 is 2.62 bits per heavy atom. The summed E-state index contributed by atoms with van der Waals surface area (Å²) >= 11 is 0.444. The fourth-order valence-corrected chi connectivity index (χ4v) is 0.407. The highest BCUT2D eigenvalue weighted by Gasteiger charge is 1.83. The molecule has 0 amide bonds. The summed E-state index contributed by atoms with van der Waals surface area (Å²) in [5.41, 5.74) is 5.15. The van der Waals surface area contributed by atoms with Crippen LogP contribution in [0.3, 0.4) is 0 Å². The molecule has 0 rings (SSSR count). The highest BCUT2D eigenvalue weighted by molar-refractivity contribution is 7.92. The molecule has 0 bridgehead atoms. The van der Waals surface area contributed by atoms with Crippen LogP contribution in [0.25, 0.3) is 0 Å². The Bertz CT molecular complexity index is 84.6. The lowest BCUT2D eigenvalue weighted by atomic mass is 10.8. The van der Waals surface area contributed by atoms with Crippen molar-refractivity contribution in [2.24, 2.45) is 10.7 Å². The van der Waals surface area contributed by atoms with E-state index in [9.17, 15) is 0 Å². The molecule has 0 heterocycles.